The molecule has 0 aromatic rings. The molecule has 0 aliphatic rings. The first-order valence-electron chi connectivity index (χ1n) is 5.86. The Balaban J connectivity index is 4.94. The first-order valence-corrected chi connectivity index (χ1v) is 7.41. The summed E-state index contributed by atoms with van der Waals surface area (Å²) >= 11 is 0. The van der Waals surface area contributed by atoms with E-state index in [2.05, 4.69) is 6.58 Å². The minimum Gasteiger partial charge on any atom is -0.306 e. The van der Waals surface area contributed by atoms with E-state index >= 15 is 0 Å². The summed E-state index contributed by atoms with van der Waals surface area (Å²) in [6.45, 7) is 10.1. The van der Waals surface area contributed by atoms with Crippen LogP contribution in [0.5, 0.6) is 0 Å². The lowest BCUT2D eigenvalue weighted by molar-refractivity contribution is -0.130. The van der Waals surface area contributed by atoms with E-state index in [0.29, 0.717) is 0 Å². The fourth-order valence-electron chi connectivity index (χ4n) is 1.48. The second-order valence-electron chi connectivity index (χ2n) is 3.88. The van der Waals surface area contributed by atoms with Crippen LogP contribution in [0.2, 0.25) is 0 Å². The van der Waals surface area contributed by atoms with Gasteiger partial charge < -0.3 is 9.05 Å². The molecule has 0 spiro atoms. The van der Waals surface area contributed by atoms with E-state index < -0.39 is 13.5 Å². The van der Waals surface area contributed by atoms with Crippen molar-refractivity contribution in [3.05, 3.63) is 11.9 Å². The Morgan fingerprint density at radius 3 is 1.78 bits per heavy atom. The molecule has 0 saturated carbocycles. The van der Waals surface area contributed by atoms with Gasteiger partial charge in [-0.1, -0.05) is 6.58 Å². The smallest absolute Gasteiger partial charge is 0.306 e. The largest absolute Gasteiger partial charge is 0.356 e. The molecule has 6 heteroatoms. The van der Waals surface area contributed by atoms with Gasteiger partial charge in [0.1, 0.15) is 11.6 Å². The Hall–Kier alpha value is -0.770. The number of allylic oxidation sites excluding steroid dienone is 1. The minimum atomic E-state index is -3.44. The molecule has 0 N–H and O–H groups in total. The highest BCUT2D eigenvalue weighted by atomic mass is 31.2. The summed E-state index contributed by atoms with van der Waals surface area (Å²) in [5.74, 6) is -1.38. The van der Waals surface area contributed by atoms with Crippen LogP contribution in [0.15, 0.2) is 11.9 Å². The molecule has 0 amide bonds. The predicted molar refractivity (Wildman–Crippen MR) is 69.5 cm³/mol. The van der Waals surface area contributed by atoms with Gasteiger partial charge in [0, 0.05) is 5.31 Å². The Labute approximate surface area is 108 Å². The predicted octanol–water partition coefficient (Wildman–Crippen LogP) is 2.95. The normalized spacial score (nSPS) is 11.6. The topological polar surface area (TPSA) is 69.7 Å². The van der Waals surface area contributed by atoms with Crippen molar-refractivity contribution in [2.75, 3.05) is 13.2 Å². The maximum Gasteiger partial charge on any atom is 0.356 e. The van der Waals surface area contributed by atoms with Crippen LogP contribution in [0.4, 0.5) is 0 Å². The second-order valence-corrected chi connectivity index (χ2v) is 6.02. The van der Waals surface area contributed by atoms with Gasteiger partial charge in [0.15, 0.2) is 0 Å². The number of Topliss-reactive ketones (excluding diaryl/α,β-unsaturated/α-hetero) is 2. The lowest BCUT2D eigenvalue weighted by atomic mass is 9.97. The molecule has 0 atom stereocenters. The molecule has 0 aliphatic heterocycles. The molecule has 5 nitrogen and oxygen atoms in total. The van der Waals surface area contributed by atoms with Crippen molar-refractivity contribution in [1.82, 2.24) is 0 Å². The third kappa shape index (κ3) is 4.84. The van der Waals surface area contributed by atoms with E-state index in [4.69, 9.17) is 9.05 Å². The Morgan fingerprint density at radius 2 is 1.50 bits per heavy atom. The summed E-state index contributed by atoms with van der Waals surface area (Å²) in [6, 6.07) is 0. The molecule has 0 aliphatic carbocycles. The molecule has 0 unspecified atom stereocenters. The van der Waals surface area contributed by atoms with E-state index in [-0.39, 0.29) is 36.5 Å². The zero-order valence-electron chi connectivity index (χ0n) is 11.4. The fourth-order valence-corrected chi connectivity index (χ4v) is 3.01. The zero-order valence-corrected chi connectivity index (χ0v) is 12.3. The molecular weight excluding hydrogens is 255 g/mol. The maximum absolute atomic E-state index is 12.3. The van der Waals surface area contributed by atoms with Crippen LogP contribution in [0.3, 0.4) is 0 Å². The highest BCUT2D eigenvalue weighted by Gasteiger charge is 2.32. The van der Waals surface area contributed by atoms with Gasteiger partial charge >= 0.3 is 7.60 Å². The van der Waals surface area contributed by atoms with Crippen molar-refractivity contribution in [3.63, 3.8) is 0 Å². The Morgan fingerprint density at radius 1 is 1.11 bits per heavy atom. The van der Waals surface area contributed by atoms with Crippen LogP contribution >= 0.6 is 7.60 Å². The van der Waals surface area contributed by atoms with Gasteiger partial charge in [-0.05, 0) is 34.1 Å². The molecule has 0 rings (SSSR count). The first-order chi connectivity index (χ1) is 8.28. The Bertz CT molecular complexity index is 351. The Kier molecular flexibility index (Phi) is 7.29. The van der Waals surface area contributed by atoms with E-state index in [9.17, 15) is 14.2 Å². The van der Waals surface area contributed by atoms with Crippen molar-refractivity contribution >= 4 is 19.2 Å². The van der Waals surface area contributed by atoms with E-state index in [1.165, 1.54) is 13.8 Å². The fraction of sp³-hybridized carbons (Fsp3) is 0.667. The van der Waals surface area contributed by atoms with Crippen LogP contribution in [0.25, 0.3) is 0 Å². The quantitative estimate of drug-likeness (QED) is 0.478. The third-order valence-corrected chi connectivity index (χ3v) is 4.56. The van der Waals surface area contributed by atoms with E-state index in [1.54, 1.807) is 13.8 Å². The summed E-state index contributed by atoms with van der Waals surface area (Å²) < 4.78 is 22.5. The SMILES string of the molecule is C=C(CC(C(C)=O)C(C)=O)P(=O)(OCC)OCC. The van der Waals surface area contributed by atoms with E-state index in [1.807, 2.05) is 0 Å². The summed E-state index contributed by atoms with van der Waals surface area (Å²) in [7, 11) is -3.44. The monoisotopic (exact) mass is 276 g/mol. The van der Waals surface area contributed by atoms with Crippen molar-refractivity contribution in [1.29, 1.82) is 0 Å². The van der Waals surface area contributed by atoms with Crippen molar-refractivity contribution < 1.29 is 23.2 Å². The van der Waals surface area contributed by atoms with Gasteiger partial charge in [0.05, 0.1) is 19.1 Å². The van der Waals surface area contributed by atoms with Crippen molar-refractivity contribution in [3.8, 4) is 0 Å². The van der Waals surface area contributed by atoms with Gasteiger partial charge in [0.2, 0.25) is 0 Å². The molecule has 0 aromatic carbocycles. The van der Waals surface area contributed by atoms with E-state index in [0.717, 1.165) is 0 Å². The lowest BCUT2D eigenvalue weighted by Gasteiger charge is -2.21. The lowest BCUT2D eigenvalue weighted by Crippen LogP contribution is -2.20. The number of rotatable bonds is 9. The molecule has 0 bridgehead atoms. The van der Waals surface area contributed by atoms with Gasteiger partial charge in [0.25, 0.3) is 0 Å². The number of hydrogen-bond acceptors (Lipinski definition) is 5. The van der Waals surface area contributed by atoms with Crippen molar-refractivity contribution in [2.45, 2.75) is 34.1 Å². The highest BCUT2D eigenvalue weighted by molar-refractivity contribution is 7.58. The summed E-state index contributed by atoms with van der Waals surface area (Å²) in [5, 5.41) is 0.168. The zero-order chi connectivity index (χ0) is 14.3. The summed E-state index contributed by atoms with van der Waals surface area (Å²) in [4.78, 5) is 22.7. The highest BCUT2D eigenvalue weighted by Crippen LogP contribution is 2.57. The first kappa shape index (κ1) is 17.2. The molecule has 0 aromatic heterocycles. The van der Waals surface area contributed by atoms with Crippen LogP contribution in [-0.2, 0) is 23.2 Å². The van der Waals surface area contributed by atoms with Gasteiger partial charge in [-0.2, -0.15) is 0 Å². The number of carbonyl (C=O) groups excluding carboxylic acids is 2. The van der Waals surface area contributed by atoms with Crippen LogP contribution < -0.4 is 0 Å². The molecule has 18 heavy (non-hydrogen) atoms. The van der Waals surface area contributed by atoms with Crippen molar-refractivity contribution in [2.24, 2.45) is 5.92 Å². The minimum absolute atomic E-state index is 0.00193. The number of carbonyl (C=O) groups is 2. The molecule has 0 radical (unpaired) electrons. The van der Waals surface area contributed by atoms with Gasteiger partial charge in [-0.25, -0.2) is 0 Å². The standard InChI is InChI=1S/C12H21O5P/c1-6-16-18(15,17-7-2)9(3)8-12(10(4)13)11(5)14/h12H,3,6-8H2,1-2,4-5H3. The number of hydrogen-bond donors (Lipinski definition) is 0. The summed E-state index contributed by atoms with van der Waals surface area (Å²) in [5.41, 5.74) is 0. The molecule has 104 valence electrons. The molecule has 0 fully saturated rings. The van der Waals surface area contributed by atoms with Gasteiger partial charge in [-0.15, -0.1) is 0 Å². The molecule has 0 saturated heterocycles. The average Bonchev–Trinajstić information content (AvgIpc) is 2.25. The maximum atomic E-state index is 12.3. The van der Waals surface area contributed by atoms with Gasteiger partial charge in [-0.3, -0.25) is 14.2 Å². The van der Waals surface area contributed by atoms with Crippen LogP contribution in [0, 0.1) is 5.92 Å². The molecule has 0 heterocycles. The number of ketones is 2. The third-order valence-electron chi connectivity index (χ3n) is 2.41. The average molecular weight is 276 g/mol. The van der Waals surface area contributed by atoms with Crippen LogP contribution in [-0.4, -0.2) is 24.8 Å². The molecular formula is C12H21O5P. The van der Waals surface area contributed by atoms with Crippen LogP contribution in [0.1, 0.15) is 34.1 Å². The second kappa shape index (κ2) is 7.62. The summed E-state index contributed by atoms with van der Waals surface area (Å²) in [6.07, 6.45) is 0.00193.